The van der Waals surface area contributed by atoms with Crippen LogP contribution in [0.3, 0.4) is 0 Å². The van der Waals surface area contributed by atoms with Gasteiger partial charge in [0.25, 0.3) is 0 Å². The van der Waals surface area contributed by atoms with E-state index in [0.29, 0.717) is 5.92 Å². The second-order valence-corrected chi connectivity index (χ2v) is 7.00. The highest BCUT2D eigenvalue weighted by Gasteiger charge is 2.27. The normalized spacial score (nSPS) is 21.6. The van der Waals surface area contributed by atoms with Crippen molar-refractivity contribution in [2.24, 2.45) is 10.9 Å². The molecular formula is C20H29N3O2. The van der Waals surface area contributed by atoms with Gasteiger partial charge >= 0.3 is 5.97 Å². The molecule has 1 fully saturated rings. The molecule has 1 saturated heterocycles. The molecule has 1 aromatic rings. The number of benzene rings is 1. The van der Waals surface area contributed by atoms with E-state index in [1.165, 1.54) is 37.5 Å². The molecular weight excluding hydrogens is 314 g/mol. The maximum atomic E-state index is 11.7. The zero-order chi connectivity index (χ0) is 17.6. The van der Waals surface area contributed by atoms with Gasteiger partial charge < -0.3 is 15.0 Å². The monoisotopic (exact) mass is 343 g/mol. The number of aryl methyl sites for hydroxylation is 1. The first-order valence-electron chi connectivity index (χ1n) is 9.34. The van der Waals surface area contributed by atoms with E-state index >= 15 is 0 Å². The second-order valence-electron chi connectivity index (χ2n) is 7.00. The van der Waals surface area contributed by atoms with Crippen LogP contribution in [0.15, 0.2) is 29.3 Å². The van der Waals surface area contributed by atoms with Gasteiger partial charge in [-0.1, -0.05) is 24.3 Å². The number of fused-ring (bicyclic) bond motifs is 1. The highest BCUT2D eigenvalue weighted by atomic mass is 16.5. The van der Waals surface area contributed by atoms with Crippen molar-refractivity contribution < 1.29 is 9.53 Å². The van der Waals surface area contributed by atoms with Crippen molar-refractivity contribution in [3.63, 3.8) is 0 Å². The molecule has 1 aliphatic heterocycles. The van der Waals surface area contributed by atoms with E-state index < -0.39 is 0 Å². The van der Waals surface area contributed by atoms with Crippen molar-refractivity contribution in [2.75, 3.05) is 33.8 Å². The standard InChI is InChI=1S/C20H29N3O2/c1-21-20(23-12-10-16(11-13-23)19(24)25-2)22-14-17-8-5-7-15-6-3-4-9-18(15)17/h3-4,6,9,16-17H,5,7-8,10-14H2,1-2H3,(H,21,22). The summed E-state index contributed by atoms with van der Waals surface area (Å²) in [5, 5.41) is 3.57. The number of carbonyl (C=O) groups excluding carboxylic acids is 1. The molecule has 1 aliphatic carbocycles. The molecule has 0 aromatic heterocycles. The van der Waals surface area contributed by atoms with Gasteiger partial charge in [-0.3, -0.25) is 9.79 Å². The van der Waals surface area contributed by atoms with Crippen LogP contribution >= 0.6 is 0 Å². The average Bonchev–Trinajstić information content (AvgIpc) is 2.68. The molecule has 5 nitrogen and oxygen atoms in total. The van der Waals surface area contributed by atoms with Crippen LogP contribution < -0.4 is 5.32 Å². The summed E-state index contributed by atoms with van der Waals surface area (Å²) in [5.74, 6) is 1.45. The Balaban J connectivity index is 1.55. The number of carbonyl (C=O) groups is 1. The number of hydrogen-bond donors (Lipinski definition) is 1. The lowest BCUT2D eigenvalue weighted by molar-refractivity contribution is -0.146. The van der Waals surface area contributed by atoms with Crippen LogP contribution in [0.1, 0.15) is 42.7 Å². The van der Waals surface area contributed by atoms with E-state index in [9.17, 15) is 4.79 Å². The van der Waals surface area contributed by atoms with Gasteiger partial charge in [0.1, 0.15) is 0 Å². The second kappa shape index (κ2) is 8.37. The number of rotatable bonds is 3. The molecule has 1 aromatic carbocycles. The number of ether oxygens (including phenoxy) is 1. The fourth-order valence-electron chi connectivity index (χ4n) is 4.11. The summed E-state index contributed by atoms with van der Waals surface area (Å²) in [5.41, 5.74) is 2.98. The highest BCUT2D eigenvalue weighted by molar-refractivity contribution is 5.80. The van der Waals surface area contributed by atoms with E-state index in [4.69, 9.17) is 4.74 Å². The van der Waals surface area contributed by atoms with Gasteiger partial charge in [0, 0.05) is 32.6 Å². The number of likely N-dealkylation sites (tertiary alicyclic amines) is 1. The molecule has 25 heavy (non-hydrogen) atoms. The third-order valence-corrected chi connectivity index (χ3v) is 5.54. The van der Waals surface area contributed by atoms with Crippen molar-refractivity contribution in [3.8, 4) is 0 Å². The van der Waals surface area contributed by atoms with E-state index in [0.717, 1.165) is 38.4 Å². The molecule has 1 N–H and O–H groups in total. The number of nitrogens with one attached hydrogen (secondary N) is 1. The number of methoxy groups -OCH3 is 1. The molecule has 0 amide bonds. The largest absolute Gasteiger partial charge is 0.469 e. The lowest BCUT2D eigenvalue weighted by Crippen LogP contribution is -2.47. The first-order valence-corrected chi connectivity index (χ1v) is 9.34. The number of hydrogen-bond acceptors (Lipinski definition) is 3. The van der Waals surface area contributed by atoms with Crippen LogP contribution in [-0.2, 0) is 16.0 Å². The van der Waals surface area contributed by atoms with Gasteiger partial charge in [0.2, 0.25) is 0 Å². The summed E-state index contributed by atoms with van der Waals surface area (Å²) < 4.78 is 4.87. The molecule has 0 spiro atoms. The Kier molecular flexibility index (Phi) is 5.95. The lowest BCUT2D eigenvalue weighted by Gasteiger charge is -2.34. The predicted molar refractivity (Wildman–Crippen MR) is 99.8 cm³/mol. The molecule has 0 saturated carbocycles. The number of guanidine groups is 1. The van der Waals surface area contributed by atoms with Crippen LogP contribution in [0.5, 0.6) is 0 Å². The fourth-order valence-corrected chi connectivity index (χ4v) is 4.11. The molecule has 0 bridgehead atoms. The van der Waals surface area contributed by atoms with Gasteiger partial charge in [0.05, 0.1) is 13.0 Å². The SMILES string of the molecule is CN=C(NCC1CCCc2ccccc21)N1CCC(C(=O)OC)CC1. The minimum atomic E-state index is -0.0820. The van der Waals surface area contributed by atoms with Crippen molar-refractivity contribution in [1.82, 2.24) is 10.2 Å². The molecule has 1 atom stereocenters. The zero-order valence-corrected chi connectivity index (χ0v) is 15.3. The van der Waals surface area contributed by atoms with Gasteiger partial charge in [0.15, 0.2) is 5.96 Å². The third kappa shape index (κ3) is 4.14. The van der Waals surface area contributed by atoms with Crippen molar-refractivity contribution in [2.45, 2.75) is 38.0 Å². The van der Waals surface area contributed by atoms with Gasteiger partial charge in [-0.25, -0.2) is 0 Å². The van der Waals surface area contributed by atoms with Crippen LogP contribution in [0.25, 0.3) is 0 Å². The summed E-state index contributed by atoms with van der Waals surface area (Å²) >= 11 is 0. The molecule has 1 unspecified atom stereocenters. The quantitative estimate of drug-likeness (QED) is 0.521. The van der Waals surface area contributed by atoms with Crippen molar-refractivity contribution in [3.05, 3.63) is 35.4 Å². The molecule has 1 heterocycles. The Morgan fingerprint density at radius 2 is 2.04 bits per heavy atom. The fraction of sp³-hybridized carbons (Fsp3) is 0.600. The molecule has 5 heteroatoms. The van der Waals surface area contributed by atoms with E-state index in [-0.39, 0.29) is 11.9 Å². The van der Waals surface area contributed by atoms with E-state index in [2.05, 4.69) is 39.5 Å². The Bertz CT molecular complexity index is 621. The summed E-state index contributed by atoms with van der Waals surface area (Å²) in [6.45, 7) is 2.61. The van der Waals surface area contributed by atoms with Crippen molar-refractivity contribution >= 4 is 11.9 Å². The number of esters is 1. The van der Waals surface area contributed by atoms with Gasteiger partial charge in [-0.05, 0) is 43.2 Å². The van der Waals surface area contributed by atoms with E-state index in [1.54, 1.807) is 0 Å². The average molecular weight is 343 g/mol. The Morgan fingerprint density at radius 3 is 2.76 bits per heavy atom. The molecule has 2 aliphatic rings. The Morgan fingerprint density at radius 1 is 1.28 bits per heavy atom. The number of nitrogens with zero attached hydrogens (tertiary/aromatic N) is 2. The minimum absolute atomic E-state index is 0.0320. The predicted octanol–water partition coefficient (Wildman–Crippen LogP) is 2.57. The number of piperidine rings is 1. The Labute approximate surface area is 150 Å². The highest BCUT2D eigenvalue weighted by Crippen LogP contribution is 2.30. The van der Waals surface area contributed by atoms with Crippen LogP contribution in [-0.4, -0.2) is 50.6 Å². The summed E-state index contributed by atoms with van der Waals surface area (Å²) in [6, 6.07) is 8.81. The maximum absolute atomic E-state index is 11.7. The van der Waals surface area contributed by atoms with Gasteiger partial charge in [-0.2, -0.15) is 0 Å². The zero-order valence-electron chi connectivity index (χ0n) is 15.3. The lowest BCUT2D eigenvalue weighted by atomic mass is 9.83. The molecule has 136 valence electrons. The van der Waals surface area contributed by atoms with Crippen LogP contribution in [0, 0.1) is 5.92 Å². The van der Waals surface area contributed by atoms with Gasteiger partial charge in [-0.15, -0.1) is 0 Å². The first kappa shape index (κ1) is 17.8. The number of aliphatic imine (C=N–C) groups is 1. The van der Waals surface area contributed by atoms with Crippen LogP contribution in [0.2, 0.25) is 0 Å². The van der Waals surface area contributed by atoms with Crippen molar-refractivity contribution in [1.29, 1.82) is 0 Å². The smallest absolute Gasteiger partial charge is 0.308 e. The maximum Gasteiger partial charge on any atom is 0.308 e. The summed E-state index contributed by atoms with van der Waals surface area (Å²) in [7, 11) is 3.31. The van der Waals surface area contributed by atoms with E-state index in [1.807, 2.05) is 7.05 Å². The summed E-state index contributed by atoms with van der Waals surface area (Å²) in [6.07, 6.45) is 5.35. The summed E-state index contributed by atoms with van der Waals surface area (Å²) in [4.78, 5) is 18.4. The third-order valence-electron chi connectivity index (χ3n) is 5.54. The minimum Gasteiger partial charge on any atom is -0.469 e. The molecule has 3 rings (SSSR count). The molecule has 0 radical (unpaired) electrons. The van der Waals surface area contributed by atoms with Crippen LogP contribution in [0.4, 0.5) is 0 Å². The Hall–Kier alpha value is -2.04. The topological polar surface area (TPSA) is 53.9 Å². The first-order chi connectivity index (χ1) is 12.2.